The normalized spacial score (nSPS) is 14.1. The van der Waals surface area contributed by atoms with E-state index in [4.69, 9.17) is 14.7 Å². The molecule has 6 nitrogen and oxygen atoms in total. The Bertz CT molecular complexity index is 2190. The first kappa shape index (κ1) is 24.7. The van der Waals surface area contributed by atoms with Crippen LogP contribution in [0.5, 0.6) is 11.5 Å². The van der Waals surface area contributed by atoms with Crippen molar-refractivity contribution in [3.05, 3.63) is 149 Å². The molecule has 4 heterocycles. The SMILES string of the molecule is N#Cc1ccc2c(c1)Sc1cc(C#N)ccc1N2c1ccc2c(c1)C1(c3ccccc3O2)c2cccnc2-c2ncccc21. The Labute approximate surface area is 257 Å². The summed E-state index contributed by atoms with van der Waals surface area (Å²) < 4.78 is 6.60. The second-order valence-electron chi connectivity index (χ2n) is 10.9. The predicted molar refractivity (Wildman–Crippen MR) is 168 cm³/mol. The molecular formula is C37H19N5OS. The summed E-state index contributed by atoms with van der Waals surface area (Å²) in [6, 6.07) is 38.9. The molecule has 6 aromatic rings. The molecule has 2 aromatic heterocycles. The molecule has 204 valence electrons. The zero-order valence-corrected chi connectivity index (χ0v) is 23.8. The first-order chi connectivity index (χ1) is 21.7. The third-order valence-electron chi connectivity index (χ3n) is 8.66. The quantitative estimate of drug-likeness (QED) is 0.192. The lowest BCUT2D eigenvalue weighted by Gasteiger charge is -2.40. The van der Waals surface area contributed by atoms with Crippen LogP contribution in [-0.2, 0) is 5.41 Å². The molecule has 0 amide bonds. The Kier molecular flexibility index (Phi) is 5.08. The summed E-state index contributed by atoms with van der Waals surface area (Å²) in [7, 11) is 0. The average Bonchev–Trinajstić information content (AvgIpc) is 3.37. The van der Waals surface area contributed by atoms with Crippen LogP contribution in [0.4, 0.5) is 17.1 Å². The van der Waals surface area contributed by atoms with E-state index in [1.807, 2.05) is 79.1 Å². The lowest BCUT2D eigenvalue weighted by molar-refractivity contribution is 0.436. The molecule has 0 radical (unpaired) electrons. The second-order valence-corrected chi connectivity index (χ2v) is 11.9. The van der Waals surface area contributed by atoms with Gasteiger partial charge in [0.05, 0.1) is 51.4 Å². The van der Waals surface area contributed by atoms with E-state index >= 15 is 0 Å². The highest BCUT2D eigenvalue weighted by Gasteiger charge is 2.52. The number of ether oxygens (including phenoxy) is 1. The highest BCUT2D eigenvalue weighted by atomic mass is 32.2. The van der Waals surface area contributed by atoms with Crippen LogP contribution in [0.15, 0.2) is 125 Å². The van der Waals surface area contributed by atoms with Gasteiger partial charge in [0.1, 0.15) is 11.5 Å². The summed E-state index contributed by atoms with van der Waals surface area (Å²) >= 11 is 1.57. The molecule has 0 bridgehead atoms. The number of anilines is 3. The lowest BCUT2D eigenvalue weighted by Crippen LogP contribution is -2.32. The third-order valence-corrected chi connectivity index (χ3v) is 9.76. The number of hydrogen-bond acceptors (Lipinski definition) is 7. The molecule has 0 unspecified atom stereocenters. The average molecular weight is 582 g/mol. The summed E-state index contributed by atoms with van der Waals surface area (Å²) in [6.45, 7) is 0. The molecule has 0 fully saturated rings. The smallest absolute Gasteiger partial charge is 0.132 e. The van der Waals surface area contributed by atoms with Crippen LogP contribution in [0.2, 0.25) is 0 Å². The van der Waals surface area contributed by atoms with Gasteiger partial charge in [0, 0.05) is 39.0 Å². The summed E-state index contributed by atoms with van der Waals surface area (Å²) in [5, 5.41) is 19.3. The Morgan fingerprint density at radius 1 is 0.614 bits per heavy atom. The minimum Gasteiger partial charge on any atom is -0.457 e. The zero-order chi connectivity index (χ0) is 29.4. The Morgan fingerprint density at radius 3 is 1.84 bits per heavy atom. The molecule has 3 aliphatic rings. The van der Waals surface area contributed by atoms with Crippen molar-refractivity contribution >= 4 is 28.8 Å². The molecule has 44 heavy (non-hydrogen) atoms. The van der Waals surface area contributed by atoms with Crippen LogP contribution in [-0.4, -0.2) is 9.97 Å². The predicted octanol–water partition coefficient (Wildman–Crippen LogP) is 8.62. The van der Waals surface area contributed by atoms with Gasteiger partial charge in [-0.3, -0.25) is 9.97 Å². The lowest BCUT2D eigenvalue weighted by atomic mass is 9.66. The van der Waals surface area contributed by atoms with Gasteiger partial charge < -0.3 is 9.64 Å². The number of benzene rings is 4. The number of fused-ring (bicyclic) bond motifs is 11. The van der Waals surface area contributed by atoms with Crippen molar-refractivity contribution in [2.75, 3.05) is 4.90 Å². The molecule has 1 spiro atoms. The molecule has 2 aliphatic heterocycles. The molecule has 1 aliphatic carbocycles. The van der Waals surface area contributed by atoms with Crippen LogP contribution in [0.1, 0.15) is 33.4 Å². The maximum Gasteiger partial charge on any atom is 0.132 e. The van der Waals surface area contributed by atoms with E-state index in [0.717, 1.165) is 72.0 Å². The first-order valence-corrected chi connectivity index (χ1v) is 14.9. The minimum absolute atomic E-state index is 0.588. The van der Waals surface area contributed by atoms with E-state index in [1.165, 1.54) is 0 Å². The van der Waals surface area contributed by atoms with Gasteiger partial charge in [0.15, 0.2) is 0 Å². The number of rotatable bonds is 1. The van der Waals surface area contributed by atoms with Crippen molar-refractivity contribution < 1.29 is 4.74 Å². The number of hydrogen-bond donors (Lipinski definition) is 0. The number of aromatic nitrogens is 2. The fraction of sp³-hybridized carbons (Fsp3) is 0.0270. The van der Waals surface area contributed by atoms with E-state index in [1.54, 1.807) is 11.8 Å². The highest BCUT2D eigenvalue weighted by molar-refractivity contribution is 7.99. The molecule has 0 saturated carbocycles. The number of pyridine rings is 2. The largest absolute Gasteiger partial charge is 0.457 e. The maximum atomic E-state index is 9.65. The van der Waals surface area contributed by atoms with Crippen molar-refractivity contribution in [2.45, 2.75) is 15.2 Å². The number of para-hydroxylation sites is 1. The van der Waals surface area contributed by atoms with Crippen LogP contribution in [0, 0.1) is 22.7 Å². The van der Waals surface area contributed by atoms with E-state index in [2.05, 4.69) is 53.4 Å². The second kappa shape index (κ2) is 9.05. The van der Waals surface area contributed by atoms with Gasteiger partial charge in [-0.15, -0.1) is 0 Å². The van der Waals surface area contributed by atoms with Crippen LogP contribution in [0.3, 0.4) is 0 Å². The van der Waals surface area contributed by atoms with Gasteiger partial charge in [0.2, 0.25) is 0 Å². The van der Waals surface area contributed by atoms with Gasteiger partial charge in [0.25, 0.3) is 0 Å². The van der Waals surface area contributed by atoms with E-state index in [-0.39, 0.29) is 0 Å². The van der Waals surface area contributed by atoms with Crippen molar-refractivity contribution in [1.29, 1.82) is 10.5 Å². The fourth-order valence-electron chi connectivity index (χ4n) is 6.91. The van der Waals surface area contributed by atoms with Crippen molar-refractivity contribution in [3.8, 4) is 35.0 Å². The molecule has 0 N–H and O–H groups in total. The van der Waals surface area contributed by atoms with Gasteiger partial charge in [-0.1, -0.05) is 42.1 Å². The van der Waals surface area contributed by atoms with Crippen LogP contribution < -0.4 is 9.64 Å². The standard InChI is InChI=1S/C37H19N5OS/c38-20-22-9-12-29-33(17-22)44-34-18-23(21-39)10-13-30(34)42(29)24-11-14-32-28(19-24)37(25-5-1-2-8-31(25)43-32)26-6-3-15-40-35(26)36-27(37)7-4-16-41-36/h1-19H. The van der Waals surface area contributed by atoms with E-state index in [0.29, 0.717) is 11.1 Å². The molecule has 0 saturated heterocycles. The summed E-state index contributed by atoms with van der Waals surface area (Å²) in [5.74, 6) is 1.57. The van der Waals surface area contributed by atoms with Crippen molar-refractivity contribution in [2.24, 2.45) is 0 Å². The number of nitriles is 2. The Hall–Kier alpha value is -5.89. The van der Waals surface area contributed by atoms with Gasteiger partial charge >= 0.3 is 0 Å². The monoisotopic (exact) mass is 581 g/mol. The summed E-state index contributed by atoms with van der Waals surface area (Å²) in [6.07, 6.45) is 3.65. The van der Waals surface area contributed by atoms with Gasteiger partial charge in [-0.2, -0.15) is 10.5 Å². The highest BCUT2D eigenvalue weighted by Crippen LogP contribution is 2.62. The topological polar surface area (TPSA) is 85.8 Å². The Balaban J connectivity index is 1.35. The molecule has 0 atom stereocenters. The van der Waals surface area contributed by atoms with Gasteiger partial charge in [-0.05, 0) is 83.9 Å². The third kappa shape index (κ3) is 3.19. The Morgan fingerprint density at radius 2 is 1.20 bits per heavy atom. The van der Waals surface area contributed by atoms with Crippen molar-refractivity contribution in [3.63, 3.8) is 0 Å². The summed E-state index contributed by atoms with van der Waals surface area (Å²) in [4.78, 5) is 13.8. The van der Waals surface area contributed by atoms with Crippen LogP contribution >= 0.6 is 11.8 Å². The number of nitrogens with zero attached hydrogens (tertiary/aromatic N) is 5. The molecule has 7 heteroatoms. The molecule has 4 aromatic carbocycles. The fourth-order valence-corrected chi connectivity index (χ4v) is 8.05. The first-order valence-electron chi connectivity index (χ1n) is 14.1. The minimum atomic E-state index is -0.696. The molecule has 9 rings (SSSR count). The van der Waals surface area contributed by atoms with Crippen molar-refractivity contribution in [1.82, 2.24) is 9.97 Å². The molecular weight excluding hydrogens is 563 g/mol. The van der Waals surface area contributed by atoms with E-state index < -0.39 is 5.41 Å². The summed E-state index contributed by atoms with van der Waals surface area (Å²) in [5.41, 5.74) is 9.25. The van der Waals surface area contributed by atoms with E-state index in [9.17, 15) is 10.5 Å². The van der Waals surface area contributed by atoms with Crippen LogP contribution in [0.25, 0.3) is 11.4 Å². The zero-order valence-electron chi connectivity index (χ0n) is 23.0. The van der Waals surface area contributed by atoms with Gasteiger partial charge in [-0.25, -0.2) is 0 Å². The maximum absolute atomic E-state index is 9.65.